The molecule has 20 heavy (non-hydrogen) atoms. The maximum Gasteiger partial charge on any atom is 0.127 e. The van der Waals surface area contributed by atoms with Crippen molar-refractivity contribution in [3.63, 3.8) is 0 Å². The summed E-state index contributed by atoms with van der Waals surface area (Å²) < 4.78 is 5.94. The molecule has 4 nitrogen and oxygen atoms in total. The number of nitrogens with zero attached hydrogens (tertiary/aromatic N) is 2. The molecule has 2 N–H and O–H groups in total. The first-order valence-electron chi connectivity index (χ1n) is 7.15. The molecule has 2 aromatic rings. The van der Waals surface area contributed by atoms with Crippen LogP contribution in [0.25, 0.3) is 10.8 Å². The number of benzene rings is 1. The monoisotopic (exact) mass is 273 g/mol. The van der Waals surface area contributed by atoms with Crippen LogP contribution in [-0.2, 0) is 0 Å². The third kappa shape index (κ3) is 3.20. The molecule has 0 aliphatic heterocycles. The predicted molar refractivity (Wildman–Crippen MR) is 84.2 cm³/mol. The lowest BCUT2D eigenvalue weighted by molar-refractivity contribution is 0.224. The van der Waals surface area contributed by atoms with Crippen molar-refractivity contribution in [1.82, 2.24) is 9.88 Å². The van der Waals surface area contributed by atoms with Crippen LogP contribution in [0.15, 0.2) is 24.4 Å². The fraction of sp³-hybridized carbons (Fsp3) is 0.438. The zero-order chi connectivity index (χ0) is 14.5. The molecule has 0 aliphatic carbocycles. The zero-order valence-electron chi connectivity index (χ0n) is 12.5. The Kier molecular flexibility index (Phi) is 4.79. The Morgan fingerprint density at radius 1 is 1.20 bits per heavy atom. The number of rotatable bonds is 6. The number of pyridine rings is 1. The van der Waals surface area contributed by atoms with Crippen molar-refractivity contribution in [3.05, 3.63) is 30.1 Å². The quantitative estimate of drug-likeness (QED) is 0.822. The second kappa shape index (κ2) is 6.57. The van der Waals surface area contributed by atoms with Gasteiger partial charge >= 0.3 is 0 Å². The minimum absolute atomic E-state index is 0.683. The molecule has 0 fully saturated rings. The summed E-state index contributed by atoms with van der Waals surface area (Å²) in [4.78, 5) is 6.64. The fourth-order valence-electron chi connectivity index (χ4n) is 2.29. The highest BCUT2D eigenvalue weighted by molar-refractivity contribution is 5.96. The van der Waals surface area contributed by atoms with Crippen molar-refractivity contribution in [2.24, 2.45) is 0 Å². The van der Waals surface area contributed by atoms with Crippen LogP contribution in [0.2, 0.25) is 0 Å². The molecule has 0 saturated carbocycles. The summed E-state index contributed by atoms with van der Waals surface area (Å²) in [7, 11) is 0. The number of anilines is 1. The van der Waals surface area contributed by atoms with Crippen LogP contribution in [0.1, 0.15) is 19.5 Å². The summed E-state index contributed by atoms with van der Waals surface area (Å²) in [6.45, 7) is 10.0. The molecule has 2 rings (SSSR count). The standard InChI is InChI=1S/C16H23N3O/c1-4-19(5-2)8-9-20-16-7-6-15(17)14-11-18-12(3)10-13(14)16/h6-7,10-11H,4-5,8-9,17H2,1-3H3. The van der Waals surface area contributed by atoms with E-state index in [9.17, 15) is 0 Å². The fourth-order valence-corrected chi connectivity index (χ4v) is 2.29. The van der Waals surface area contributed by atoms with E-state index < -0.39 is 0 Å². The van der Waals surface area contributed by atoms with Crippen LogP contribution < -0.4 is 10.5 Å². The lowest BCUT2D eigenvalue weighted by Crippen LogP contribution is -2.27. The molecule has 0 atom stereocenters. The number of fused-ring (bicyclic) bond motifs is 1. The number of aryl methyl sites for hydroxylation is 1. The van der Waals surface area contributed by atoms with E-state index in [0.717, 1.165) is 47.5 Å². The van der Waals surface area contributed by atoms with E-state index in [4.69, 9.17) is 10.5 Å². The highest BCUT2D eigenvalue weighted by Crippen LogP contribution is 2.30. The normalized spacial score (nSPS) is 11.2. The van der Waals surface area contributed by atoms with Gasteiger partial charge in [-0.1, -0.05) is 13.8 Å². The Hall–Kier alpha value is -1.81. The minimum Gasteiger partial charge on any atom is -0.492 e. The topological polar surface area (TPSA) is 51.4 Å². The number of nitrogen functional groups attached to an aromatic ring is 1. The summed E-state index contributed by atoms with van der Waals surface area (Å²) in [6, 6.07) is 5.85. The molecule has 0 unspecified atom stereocenters. The summed E-state index contributed by atoms with van der Waals surface area (Å²) >= 11 is 0. The molecule has 1 heterocycles. The third-order valence-electron chi connectivity index (χ3n) is 3.59. The van der Waals surface area contributed by atoms with Gasteiger partial charge in [0.15, 0.2) is 0 Å². The Morgan fingerprint density at radius 3 is 2.65 bits per heavy atom. The lowest BCUT2D eigenvalue weighted by Gasteiger charge is -2.18. The van der Waals surface area contributed by atoms with Gasteiger partial charge in [0.2, 0.25) is 0 Å². The molecular formula is C16H23N3O. The van der Waals surface area contributed by atoms with Crippen molar-refractivity contribution in [2.75, 3.05) is 32.0 Å². The van der Waals surface area contributed by atoms with E-state index >= 15 is 0 Å². The van der Waals surface area contributed by atoms with Crippen LogP contribution >= 0.6 is 0 Å². The first kappa shape index (κ1) is 14.6. The minimum atomic E-state index is 0.683. The van der Waals surface area contributed by atoms with E-state index in [2.05, 4.69) is 23.7 Å². The SMILES string of the molecule is CCN(CC)CCOc1ccc(N)c2cnc(C)cc12. The highest BCUT2D eigenvalue weighted by Gasteiger charge is 2.07. The van der Waals surface area contributed by atoms with Crippen molar-refractivity contribution in [3.8, 4) is 5.75 Å². The molecule has 4 heteroatoms. The van der Waals surface area contributed by atoms with Gasteiger partial charge < -0.3 is 15.4 Å². The lowest BCUT2D eigenvalue weighted by atomic mass is 10.1. The molecule has 108 valence electrons. The molecule has 0 spiro atoms. The van der Waals surface area contributed by atoms with Crippen molar-refractivity contribution >= 4 is 16.5 Å². The summed E-state index contributed by atoms with van der Waals surface area (Å²) in [5.41, 5.74) is 7.70. The van der Waals surface area contributed by atoms with Gasteiger partial charge in [0, 0.05) is 34.9 Å². The highest BCUT2D eigenvalue weighted by atomic mass is 16.5. The van der Waals surface area contributed by atoms with Crippen LogP contribution in [0.3, 0.4) is 0 Å². The molecule has 0 bridgehead atoms. The summed E-state index contributed by atoms with van der Waals surface area (Å²) in [6.07, 6.45) is 1.82. The van der Waals surface area contributed by atoms with E-state index in [1.165, 1.54) is 0 Å². The van der Waals surface area contributed by atoms with Crippen LogP contribution in [0.4, 0.5) is 5.69 Å². The Morgan fingerprint density at radius 2 is 1.95 bits per heavy atom. The van der Waals surface area contributed by atoms with Crippen LogP contribution in [0.5, 0.6) is 5.75 Å². The Bertz CT molecular complexity index is 579. The van der Waals surface area contributed by atoms with Gasteiger partial charge in [-0.3, -0.25) is 4.98 Å². The second-order valence-corrected chi connectivity index (χ2v) is 4.90. The Labute approximate surface area is 120 Å². The zero-order valence-corrected chi connectivity index (χ0v) is 12.5. The molecular weight excluding hydrogens is 250 g/mol. The van der Waals surface area contributed by atoms with Gasteiger partial charge in [-0.25, -0.2) is 0 Å². The molecule has 1 aromatic heterocycles. The van der Waals surface area contributed by atoms with Crippen molar-refractivity contribution < 1.29 is 4.74 Å². The first-order chi connectivity index (χ1) is 9.65. The molecule has 0 amide bonds. The van der Waals surface area contributed by atoms with Gasteiger partial charge in [-0.15, -0.1) is 0 Å². The van der Waals surface area contributed by atoms with Gasteiger partial charge in [-0.2, -0.15) is 0 Å². The second-order valence-electron chi connectivity index (χ2n) is 4.90. The number of aromatic nitrogens is 1. The largest absolute Gasteiger partial charge is 0.492 e. The third-order valence-corrected chi connectivity index (χ3v) is 3.59. The molecule has 0 radical (unpaired) electrons. The Balaban J connectivity index is 2.18. The number of nitrogens with two attached hydrogens (primary N) is 1. The van der Waals surface area contributed by atoms with Crippen LogP contribution in [0, 0.1) is 6.92 Å². The van der Waals surface area contributed by atoms with Crippen molar-refractivity contribution in [2.45, 2.75) is 20.8 Å². The maximum absolute atomic E-state index is 5.99. The molecule has 0 aliphatic rings. The van der Waals surface area contributed by atoms with Gasteiger partial charge in [0.1, 0.15) is 12.4 Å². The number of hydrogen-bond donors (Lipinski definition) is 1. The van der Waals surface area contributed by atoms with E-state index in [0.29, 0.717) is 6.61 Å². The van der Waals surface area contributed by atoms with Gasteiger partial charge in [-0.05, 0) is 38.2 Å². The predicted octanol–water partition coefficient (Wildman–Crippen LogP) is 2.85. The number of hydrogen-bond acceptors (Lipinski definition) is 4. The maximum atomic E-state index is 5.99. The summed E-state index contributed by atoms with van der Waals surface area (Å²) in [5.74, 6) is 0.881. The van der Waals surface area contributed by atoms with Crippen molar-refractivity contribution in [1.29, 1.82) is 0 Å². The number of likely N-dealkylation sites (N-methyl/N-ethyl adjacent to an activating group) is 1. The number of ether oxygens (including phenoxy) is 1. The van der Waals surface area contributed by atoms with Gasteiger partial charge in [0.05, 0.1) is 0 Å². The summed E-state index contributed by atoms with van der Waals surface area (Å²) in [5, 5.41) is 1.99. The molecule has 0 saturated heterocycles. The van der Waals surface area contributed by atoms with E-state index in [1.54, 1.807) is 0 Å². The first-order valence-corrected chi connectivity index (χ1v) is 7.15. The van der Waals surface area contributed by atoms with E-state index in [1.807, 2.05) is 31.3 Å². The average Bonchev–Trinajstić information content (AvgIpc) is 2.46. The average molecular weight is 273 g/mol. The molecule has 1 aromatic carbocycles. The van der Waals surface area contributed by atoms with Crippen LogP contribution in [-0.4, -0.2) is 36.1 Å². The van der Waals surface area contributed by atoms with Gasteiger partial charge in [0.25, 0.3) is 0 Å². The van der Waals surface area contributed by atoms with E-state index in [-0.39, 0.29) is 0 Å². The smallest absolute Gasteiger partial charge is 0.127 e.